The number of carbonyl (C=O) groups excluding carboxylic acids is 2. The largest absolute Gasteiger partial charge is 0.472 e. The number of rotatable bonds is 8. The molecule has 4 rings (SSSR count). The number of nitrogens with zero attached hydrogens (tertiary/aromatic N) is 4. The monoisotopic (exact) mass is 508 g/mol. The third-order valence-corrected chi connectivity index (χ3v) is 7.05. The van der Waals surface area contributed by atoms with Gasteiger partial charge in [-0.15, -0.1) is 0 Å². The number of ether oxygens (including phenoxy) is 4. The van der Waals surface area contributed by atoms with Crippen LogP contribution >= 0.6 is 0 Å². The Kier molecular flexibility index (Phi) is 7.87. The molecule has 0 spiro atoms. The van der Waals surface area contributed by atoms with Crippen molar-refractivity contribution in [1.29, 1.82) is 0 Å². The van der Waals surface area contributed by atoms with Crippen molar-refractivity contribution in [2.24, 2.45) is 11.8 Å². The van der Waals surface area contributed by atoms with Gasteiger partial charge in [-0.3, -0.25) is 4.79 Å². The van der Waals surface area contributed by atoms with Crippen molar-refractivity contribution in [3.8, 4) is 11.8 Å². The summed E-state index contributed by atoms with van der Waals surface area (Å²) in [7, 11) is 1.65. The van der Waals surface area contributed by atoms with Crippen molar-refractivity contribution >= 4 is 12.0 Å². The molecular formula is C25H37FN4O6. The Hall–Kier alpha value is -2.69. The number of likely N-dealkylation sites (N-methyl/N-ethyl adjacent to an activating group) is 1. The molecular weight excluding hydrogens is 471 g/mol. The Morgan fingerprint density at radius 3 is 2.47 bits per heavy atom. The number of hydrogen-bond donors (Lipinski definition) is 0. The fraction of sp³-hybridized carbons (Fsp3) is 0.760. The molecule has 2 saturated heterocycles. The standard InChI is InChI=1S/C25H37FN4O6/c1-15(2)23(31)30-10-6-17(7-11-30)34-21-19(26)22(28-14-27-21)35-20-16(3)13-33-18(20)12-29(5)24(32)36-25(4)8-9-25/h14-18,20H,6-13H2,1-5H3/t16?,18?,20-/m0/s1. The van der Waals surface area contributed by atoms with Gasteiger partial charge in [0.2, 0.25) is 11.7 Å². The van der Waals surface area contributed by atoms with Crippen LogP contribution in [-0.2, 0) is 14.3 Å². The molecule has 3 heterocycles. The Balaban J connectivity index is 1.35. The van der Waals surface area contributed by atoms with Gasteiger partial charge >= 0.3 is 6.09 Å². The normalized spacial score (nSPS) is 25.5. The van der Waals surface area contributed by atoms with Crippen LogP contribution in [0, 0.1) is 17.7 Å². The maximum atomic E-state index is 15.3. The van der Waals surface area contributed by atoms with Crippen molar-refractivity contribution in [3.05, 3.63) is 12.1 Å². The van der Waals surface area contributed by atoms with Gasteiger partial charge in [-0.25, -0.2) is 4.79 Å². The second-order valence-electron chi connectivity index (χ2n) is 10.7. The molecule has 0 radical (unpaired) electrons. The molecule has 3 atom stereocenters. The summed E-state index contributed by atoms with van der Waals surface area (Å²) in [6.45, 7) is 9.38. The highest BCUT2D eigenvalue weighted by Crippen LogP contribution is 2.39. The third kappa shape index (κ3) is 6.16. The summed E-state index contributed by atoms with van der Waals surface area (Å²) in [5.41, 5.74) is -0.369. The molecule has 1 aliphatic carbocycles. The summed E-state index contributed by atoms with van der Waals surface area (Å²) in [6.07, 6.45) is 2.47. The van der Waals surface area contributed by atoms with Gasteiger partial charge in [0.15, 0.2) is 0 Å². The molecule has 1 saturated carbocycles. The number of carbonyl (C=O) groups is 2. The van der Waals surface area contributed by atoms with Crippen molar-refractivity contribution in [1.82, 2.24) is 19.8 Å². The van der Waals surface area contributed by atoms with Crippen LogP contribution in [0.4, 0.5) is 9.18 Å². The molecule has 1 aromatic rings. The van der Waals surface area contributed by atoms with Gasteiger partial charge in [-0.2, -0.15) is 14.4 Å². The smallest absolute Gasteiger partial charge is 0.410 e. The van der Waals surface area contributed by atoms with E-state index >= 15 is 4.39 Å². The van der Waals surface area contributed by atoms with Crippen LogP contribution in [0.2, 0.25) is 0 Å². The first-order valence-electron chi connectivity index (χ1n) is 12.7. The first kappa shape index (κ1) is 26.4. The van der Waals surface area contributed by atoms with Crippen LogP contribution in [0.5, 0.6) is 11.8 Å². The highest BCUT2D eigenvalue weighted by atomic mass is 19.1. The maximum Gasteiger partial charge on any atom is 0.410 e. The molecule has 2 amide bonds. The van der Waals surface area contributed by atoms with Crippen molar-refractivity contribution in [2.45, 2.75) is 77.3 Å². The second kappa shape index (κ2) is 10.7. The van der Waals surface area contributed by atoms with Crippen LogP contribution in [0.3, 0.4) is 0 Å². The lowest BCUT2D eigenvalue weighted by Gasteiger charge is -2.33. The molecule has 3 aliphatic rings. The van der Waals surface area contributed by atoms with Gasteiger partial charge in [0.05, 0.1) is 13.2 Å². The zero-order valence-electron chi connectivity index (χ0n) is 21.7. The summed E-state index contributed by atoms with van der Waals surface area (Å²) in [5.74, 6) is -1.14. The van der Waals surface area contributed by atoms with E-state index in [1.807, 2.05) is 32.6 Å². The fourth-order valence-electron chi connectivity index (χ4n) is 4.44. The Morgan fingerprint density at radius 2 is 1.86 bits per heavy atom. The molecule has 2 aliphatic heterocycles. The number of hydrogen-bond acceptors (Lipinski definition) is 8. The fourth-order valence-corrected chi connectivity index (χ4v) is 4.44. The molecule has 36 heavy (non-hydrogen) atoms. The Morgan fingerprint density at radius 1 is 1.22 bits per heavy atom. The summed E-state index contributed by atoms with van der Waals surface area (Å²) in [5, 5.41) is 0. The predicted molar refractivity (Wildman–Crippen MR) is 127 cm³/mol. The summed E-state index contributed by atoms with van der Waals surface area (Å²) >= 11 is 0. The lowest BCUT2D eigenvalue weighted by molar-refractivity contribution is -0.136. The van der Waals surface area contributed by atoms with Crippen molar-refractivity contribution in [3.63, 3.8) is 0 Å². The lowest BCUT2D eigenvalue weighted by Crippen LogP contribution is -2.43. The molecule has 0 aromatic carbocycles. The van der Waals surface area contributed by atoms with Gasteiger partial charge in [0.1, 0.15) is 30.2 Å². The van der Waals surface area contributed by atoms with Crippen LogP contribution in [0.1, 0.15) is 53.4 Å². The second-order valence-corrected chi connectivity index (χ2v) is 10.7. The maximum absolute atomic E-state index is 15.3. The van der Waals surface area contributed by atoms with E-state index in [-0.39, 0.29) is 47.8 Å². The van der Waals surface area contributed by atoms with Crippen LogP contribution in [-0.4, -0.2) is 89.0 Å². The summed E-state index contributed by atoms with van der Waals surface area (Å²) in [6, 6.07) is 0. The van der Waals surface area contributed by atoms with E-state index in [2.05, 4.69) is 9.97 Å². The minimum absolute atomic E-state index is 0.0399. The molecule has 3 fully saturated rings. The number of aromatic nitrogens is 2. The van der Waals surface area contributed by atoms with E-state index < -0.39 is 24.1 Å². The van der Waals surface area contributed by atoms with Gasteiger partial charge in [-0.05, 0) is 19.8 Å². The van der Waals surface area contributed by atoms with Crippen LogP contribution in [0.25, 0.3) is 0 Å². The highest BCUT2D eigenvalue weighted by molar-refractivity contribution is 5.78. The number of amides is 2. The topological polar surface area (TPSA) is 103 Å². The molecule has 0 N–H and O–H groups in total. The minimum Gasteiger partial charge on any atom is -0.472 e. The van der Waals surface area contributed by atoms with E-state index in [4.69, 9.17) is 18.9 Å². The van der Waals surface area contributed by atoms with E-state index in [9.17, 15) is 9.59 Å². The number of halogens is 1. The average Bonchev–Trinajstić information content (AvgIpc) is 3.48. The van der Waals surface area contributed by atoms with Crippen LogP contribution in [0.15, 0.2) is 6.33 Å². The third-order valence-electron chi connectivity index (χ3n) is 7.05. The Labute approximate surface area is 211 Å². The van der Waals surface area contributed by atoms with Gasteiger partial charge < -0.3 is 28.7 Å². The summed E-state index contributed by atoms with van der Waals surface area (Å²) < 4.78 is 38.4. The average molecular weight is 509 g/mol. The van der Waals surface area contributed by atoms with Crippen molar-refractivity contribution < 1.29 is 32.9 Å². The van der Waals surface area contributed by atoms with Gasteiger partial charge in [0.25, 0.3) is 11.8 Å². The molecule has 1 aromatic heterocycles. The predicted octanol–water partition coefficient (Wildman–Crippen LogP) is 3.04. The van der Waals surface area contributed by atoms with Crippen molar-refractivity contribution in [2.75, 3.05) is 33.3 Å². The first-order valence-corrected chi connectivity index (χ1v) is 12.7. The highest BCUT2D eigenvalue weighted by Gasteiger charge is 2.44. The number of piperidine rings is 1. The molecule has 200 valence electrons. The van der Waals surface area contributed by atoms with E-state index in [0.717, 1.165) is 12.8 Å². The molecule has 0 bridgehead atoms. The SMILES string of the molecule is CC(C)C(=O)N1CCC(Oc2ncnc(O[C@H]3C(C)COC3CN(C)C(=O)OC3(C)CC3)c2F)CC1. The molecule has 2 unspecified atom stereocenters. The Bertz CT molecular complexity index is 950. The van der Waals surface area contributed by atoms with Gasteiger partial charge in [0, 0.05) is 44.8 Å². The van der Waals surface area contributed by atoms with Gasteiger partial charge in [-0.1, -0.05) is 20.8 Å². The lowest BCUT2D eigenvalue weighted by atomic mass is 10.0. The van der Waals surface area contributed by atoms with E-state index in [1.54, 1.807) is 7.05 Å². The van der Waals surface area contributed by atoms with E-state index in [1.165, 1.54) is 11.2 Å². The van der Waals surface area contributed by atoms with E-state index in [0.29, 0.717) is 32.5 Å². The van der Waals surface area contributed by atoms with Crippen LogP contribution < -0.4 is 9.47 Å². The quantitative estimate of drug-likeness (QED) is 0.528. The minimum atomic E-state index is -0.773. The zero-order valence-corrected chi connectivity index (χ0v) is 21.7. The number of likely N-dealkylation sites (tertiary alicyclic amines) is 1. The first-order chi connectivity index (χ1) is 17.1. The molecule has 10 nitrogen and oxygen atoms in total. The zero-order chi connectivity index (χ0) is 26.0. The molecule has 11 heteroatoms. The summed E-state index contributed by atoms with van der Waals surface area (Å²) in [4.78, 5) is 35.8.